The third kappa shape index (κ3) is 3.44. The van der Waals surface area contributed by atoms with E-state index in [1.54, 1.807) is 6.07 Å². The molecule has 0 aliphatic carbocycles. The van der Waals surface area contributed by atoms with Crippen LogP contribution in [0.15, 0.2) is 46.0 Å². The van der Waals surface area contributed by atoms with E-state index in [4.69, 9.17) is 33.0 Å². The van der Waals surface area contributed by atoms with Crippen molar-refractivity contribution in [2.75, 3.05) is 13.1 Å². The maximum Gasteiger partial charge on any atom is 0.200 e. The van der Waals surface area contributed by atoms with Gasteiger partial charge in [0.2, 0.25) is 5.72 Å². The summed E-state index contributed by atoms with van der Waals surface area (Å²) in [6.45, 7) is 6.51. The average Bonchev–Trinajstić information content (AvgIpc) is 3.15. The van der Waals surface area contributed by atoms with Crippen LogP contribution in [0.25, 0.3) is 0 Å². The number of nitrogens with zero attached hydrogens (tertiary/aromatic N) is 3. The highest BCUT2D eigenvalue weighted by molar-refractivity contribution is 9.10. The van der Waals surface area contributed by atoms with Crippen LogP contribution in [0.2, 0.25) is 10.0 Å². The van der Waals surface area contributed by atoms with Gasteiger partial charge in [0, 0.05) is 59.0 Å². The van der Waals surface area contributed by atoms with Gasteiger partial charge in [-0.05, 0) is 44.2 Å². The Morgan fingerprint density at radius 3 is 2.60 bits per heavy atom. The van der Waals surface area contributed by atoms with Gasteiger partial charge in [-0.15, -0.1) is 0 Å². The molecule has 1 atom stereocenters. The molecule has 4 nitrogen and oxygen atoms in total. The fourth-order valence-corrected chi connectivity index (χ4v) is 5.76. The van der Waals surface area contributed by atoms with Crippen LogP contribution >= 0.6 is 39.1 Å². The minimum Gasteiger partial charge on any atom is -0.466 e. The van der Waals surface area contributed by atoms with Crippen LogP contribution in [0.4, 0.5) is 0 Å². The SMILES string of the molecule is CC(C)N1CCC2(CC1)Oc1ccc(Br)cc1[C@@H]1CC(c3ccc(Cl)cc3Cl)=NN12. The molecule has 0 N–H and O–H groups in total. The number of halogens is 3. The molecule has 0 saturated carbocycles. The van der Waals surface area contributed by atoms with Crippen molar-refractivity contribution in [3.05, 3.63) is 62.0 Å². The molecule has 0 amide bonds. The molecular formula is C23H24BrCl2N3O. The summed E-state index contributed by atoms with van der Waals surface area (Å²) < 4.78 is 7.76. The van der Waals surface area contributed by atoms with E-state index in [9.17, 15) is 0 Å². The molecule has 158 valence electrons. The summed E-state index contributed by atoms with van der Waals surface area (Å²) in [4.78, 5) is 2.51. The topological polar surface area (TPSA) is 28.1 Å². The van der Waals surface area contributed by atoms with E-state index < -0.39 is 5.72 Å². The lowest BCUT2D eigenvalue weighted by Crippen LogP contribution is -2.59. The number of fused-ring (bicyclic) bond motifs is 4. The Morgan fingerprint density at radius 1 is 1.13 bits per heavy atom. The molecule has 7 heteroatoms. The van der Waals surface area contributed by atoms with Crippen molar-refractivity contribution in [2.45, 2.75) is 50.9 Å². The van der Waals surface area contributed by atoms with E-state index in [2.05, 4.69) is 57.9 Å². The molecule has 2 aromatic rings. The molecule has 3 heterocycles. The molecular weight excluding hydrogens is 485 g/mol. The van der Waals surface area contributed by atoms with E-state index >= 15 is 0 Å². The van der Waals surface area contributed by atoms with Gasteiger partial charge in [-0.1, -0.05) is 45.2 Å². The molecule has 1 spiro atoms. The van der Waals surface area contributed by atoms with Crippen LogP contribution in [0.1, 0.15) is 50.3 Å². The van der Waals surface area contributed by atoms with Crippen LogP contribution in [0.3, 0.4) is 0 Å². The quantitative estimate of drug-likeness (QED) is 0.463. The van der Waals surface area contributed by atoms with Gasteiger partial charge < -0.3 is 9.64 Å². The Labute approximate surface area is 195 Å². The predicted octanol–water partition coefficient (Wildman–Crippen LogP) is 6.50. The highest BCUT2D eigenvalue weighted by Gasteiger charge is 2.52. The normalized spacial score (nSPS) is 22.7. The van der Waals surface area contributed by atoms with E-state index in [1.807, 2.05) is 12.1 Å². The van der Waals surface area contributed by atoms with E-state index in [0.29, 0.717) is 16.1 Å². The Hall–Kier alpha value is -1.27. The minimum absolute atomic E-state index is 0.138. The van der Waals surface area contributed by atoms with Gasteiger partial charge in [0.05, 0.1) is 16.8 Å². The van der Waals surface area contributed by atoms with Crippen LogP contribution in [-0.4, -0.2) is 40.5 Å². The first-order valence-corrected chi connectivity index (χ1v) is 12.0. The van der Waals surface area contributed by atoms with Crippen LogP contribution in [0.5, 0.6) is 5.75 Å². The number of benzene rings is 2. The zero-order chi connectivity index (χ0) is 21.0. The molecule has 3 aliphatic heterocycles. The van der Waals surface area contributed by atoms with Crippen molar-refractivity contribution in [3.63, 3.8) is 0 Å². The van der Waals surface area contributed by atoms with Crippen molar-refractivity contribution >= 4 is 44.8 Å². The second kappa shape index (κ2) is 7.70. The van der Waals surface area contributed by atoms with Crippen molar-refractivity contribution < 1.29 is 4.74 Å². The monoisotopic (exact) mass is 507 g/mol. The molecule has 0 unspecified atom stereocenters. The average molecular weight is 509 g/mol. The van der Waals surface area contributed by atoms with Crippen molar-refractivity contribution in [3.8, 4) is 5.75 Å². The van der Waals surface area contributed by atoms with Crippen molar-refractivity contribution in [2.24, 2.45) is 5.10 Å². The second-order valence-electron chi connectivity index (χ2n) is 8.60. The molecule has 0 bridgehead atoms. The minimum atomic E-state index is -0.419. The van der Waals surface area contributed by atoms with Crippen molar-refractivity contribution in [1.29, 1.82) is 0 Å². The summed E-state index contributed by atoms with van der Waals surface area (Å²) in [6, 6.07) is 12.6. The molecule has 1 fully saturated rings. The summed E-state index contributed by atoms with van der Waals surface area (Å²) in [6.07, 6.45) is 2.63. The maximum absolute atomic E-state index is 6.71. The summed E-state index contributed by atoms with van der Waals surface area (Å²) in [5.74, 6) is 0.969. The molecule has 0 aromatic heterocycles. The summed E-state index contributed by atoms with van der Waals surface area (Å²) >= 11 is 16.3. The molecule has 5 rings (SSSR count). The summed E-state index contributed by atoms with van der Waals surface area (Å²) in [7, 11) is 0. The lowest BCUT2D eigenvalue weighted by Gasteiger charge is -2.51. The second-order valence-corrected chi connectivity index (χ2v) is 10.4. The third-order valence-corrected chi connectivity index (χ3v) is 7.55. The Kier molecular flexibility index (Phi) is 5.29. The van der Waals surface area contributed by atoms with E-state index in [-0.39, 0.29) is 6.04 Å². The number of likely N-dealkylation sites (tertiary alicyclic amines) is 1. The summed E-state index contributed by atoms with van der Waals surface area (Å²) in [5, 5.41) is 8.61. The van der Waals surface area contributed by atoms with Gasteiger partial charge in [0.1, 0.15) is 5.75 Å². The highest BCUT2D eigenvalue weighted by Crippen LogP contribution is 2.51. The molecule has 30 heavy (non-hydrogen) atoms. The maximum atomic E-state index is 6.71. The zero-order valence-corrected chi connectivity index (χ0v) is 20.1. The molecule has 3 aliphatic rings. The number of hydrogen-bond acceptors (Lipinski definition) is 4. The first kappa shape index (κ1) is 20.6. The predicted molar refractivity (Wildman–Crippen MR) is 126 cm³/mol. The van der Waals surface area contributed by atoms with Gasteiger partial charge in [0.15, 0.2) is 0 Å². The Morgan fingerprint density at radius 2 is 1.90 bits per heavy atom. The lowest BCUT2D eigenvalue weighted by molar-refractivity contribution is -0.152. The fourth-order valence-electron chi connectivity index (χ4n) is 4.86. The Bertz CT molecular complexity index is 1020. The third-order valence-electron chi connectivity index (χ3n) is 6.51. The fraction of sp³-hybridized carbons (Fsp3) is 0.435. The number of ether oxygens (including phenoxy) is 1. The van der Waals surface area contributed by atoms with Crippen molar-refractivity contribution in [1.82, 2.24) is 9.91 Å². The van der Waals surface area contributed by atoms with Gasteiger partial charge >= 0.3 is 0 Å². The largest absolute Gasteiger partial charge is 0.466 e. The summed E-state index contributed by atoms with van der Waals surface area (Å²) in [5.41, 5.74) is 2.69. The van der Waals surface area contributed by atoms with Gasteiger partial charge in [0.25, 0.3) is 0 Å². The van der Waals surface area contributed by atoms with Crippen LogP contribution in [-0.2, 0) is 0 Å². The first-order valence-electron chi connectivity index (χ1n) is 10.4. The molecule has 1 saturated heterocycles. The lowest BCUT2D eigenvalue weighted by atomic mass is 9.90. The van der Waals surface area contributed by atoms with Gasteiger partial charge in [-0.3, -0.25) is 0 Å². The number of piperidine rings is 1. The zero-order valence-electron chi connectivity index (χ0n) is 17.0. The number of hydrogen-bond donors (Lipinski definition) is 0. The number of hydrazone groups is 1. The number of rotatable bonds is 2. The van der Waals surface area contributed by atoms with E-state index in [1.165, 1.54) is 5.56 Å². The highest BCUT2D eigenvalue weighted by atomic mass is 79.9. The first-order chi connectivity index (χ1) is 14.4. The standard InChI is InChI=1S/C23H24BrCl2N3O/c1-14(2)28-9-7-23(8-10-28)29-21(18-11-15(24)3-6-22(18)30-23)13-20(27-29)17-5-4-16(25)12-19(17)26/h3-6,11-12,14,21H,7-10,13H2,1-2H3/t21-/m0/s1. The molecule has 0 radical (unpaired) electrons. The van der Waals surface area contributed by atoms with E-state index in [0.717, 1.165) is 53.8 Å². The van der Waals surface area contributed by atoms with Gasteiger partial charge in [-0.25, -0.2) is 5.01 Å². The molecule has 2 aromatic carbocycles. The van der Waals surface area contributed by atoms with Crippen LogP contribution < -0.4 is 4.74 Å². The smallest absolute Gasteiger partial charge is 0.200 e. The Balaban J connectivity index is 1.56. The van der Waals surface area contributed by atoms with Gasteiger partial charge in [-0.2, -0.15) is 5.10 Å². The van der Waals surface area contributed by atoms with Crippen LogP contribution in [0, 0.1) is 0 Å².